The molecule has 2 aliphatic rings. The molecule has 2 saturated heterocycles. The topological polar surface area (TPSA) is 68.2 Å². The molecule has 3 rings (SSSR count). The first kappa shape index (κ1) is 24.8. The molecule has 0 radical (unpaired) electrons. The molecule has 0 aliphatic carbocycles. The number of aromatic nitrogens is 1. The number of likely N-dealkylation sites (tertiary alicyclic amines) is 1. The Morgan fingerprint density at radius 3 is 2.75 bits per heavy atom. The van der Waals surface area contributed by atoms with E-state index in [-0.39, 0.29) is 6.10 Å². The molecule has 7 nitrogen and oxygen atoms in total. The van der Waals surface area contributed by atoms with Crippen molar-refractivity contribution < 1.29 is 14.2 Å². The zero-order chi connectivity index (χ0) is 22.8. The van der Waals surface area contributed by atoms with Gasteiger partial charge in [-0.05, 0) is 63.0 Å². The van der Waals surface area contributed by atoms with E-state index >= 15 is 0 Å². The molecule has 2 aliphatic heterocycles. The summed E-state index contributed by atoms with van der Waals surface area (Å²) in [6.07, 6.45) is 9.23. The summed E-state index contributed by atoms with van der Waals surface area (Å²) in [6, 6.07) is 4.04. The highest BCUT2D eigenvalue weighted by atomic mass is 16.5. The number of piperidine rings is 1. The Labute approximate surface area is 193 Å². The van der Waals surface area contributed by atoms with Gasteiger partial charge in [0, 0.05) is 45.6 Å². The maximum Gasteiger partial charge on any atom is 0.213 e. The highest BCUT2D eigenvalue weighted by molar-refractivity contribution is 5.79. The van der Waals surface area contributed by atoms with Crippen molar-refractivity contribution in [2.75, 3.05) is 33.4 Å². The van der Waals surface area contributed by atoms with Crippen molar-refractivity contribution in [3.63, 3.8) is 0 Å². The van der Waals surface area contributed by atoms with E-state index in [0.29, 0.717) is 30.6 Å². The van der Waals surface area contributed by atoms with E-state index in [9.17, 15) is 0 Å². The number of rotatable bonds is 9. The molecule has 0 saturated carbocycles. The van der Waals surface area contributed by atoms with Gasteiger partial charge >= 0.3 is 0 Å². The number of hydrogen-bond acceptors (Lipinski definition) is 5. The fourth-order valence-corrected chi connectivity index (χ4v) is 4.47. The van der Waals surface area contributed by atoms with Gasteiger partial charge in [-0.15, -0.1) is 0 Å². The van der Waals surface area contributed by atoms with E-state index in [2.05, 4.69) is 41.0 Å². The third kappa shape index (κ3) is 8.24. The molecule has 180 valence electrons. The van der Waals surface area contributed by atoms with Crippen molar-refractivity contribution in [2.45, 2.75) is 84.2 Å². The highest BCUT2D eigenvalue weighted by Gasteiger charge is 2.23. The van der Waals surface area contributed by atoms with E-state index in [0.717, 1.165) is 63.5 Å². The van der Waals surface area contributed by atoms with E-state index in [1.807, 2.05) is 25.4 Å². The van der Waals surface area contributed by atoms with Crippen LogP contribution in [-0.2, 0) is 16.0 Å². The number of aliphatic imine (C=N–C) groups is 1. The minimum atomic E-state index is 0.159. The molecule has 0 aromatic carbocycles. The summed E-state index contributed by atoms with van der Waals surface area (Å²) in [5.74, 6) is 2.23. The van der Waals surface area contributed by atoms with Crippen LogP contribution >= 0.6 is 0 Å². The monoisotopic (exact) mass is 446 g/mol. The molecular weight excluding hydrogens is 404 g/mol. The van der Waals surface area contributed by atoms with Crippen LogP contribution in [0.1, 0.15) is 64.9 Å². The molecule has 0 spiro atoms. The summed E-state index contributed by atoms with van der Waals surface area (Å²) in [5, 5.41) is 3.50. The van der Waals surface area contributed by atoms with Gasteiger partial charge in [0.15, 0.2) is 5.96 Å². The summed E-state index contributed by atoms with van der Waals surface area (Å²) in [5.41, 5.74) is 1.14. The molecule has 32 heavy (non-hydrogen) atoms. The van der Waals surface area contributed by atoms with E-state index < -0.39 is 0 Å². The SMILES string of the molecule is CN=C(NCc1ccnc(OC(C)CC(C)C)c1)N1CCC(OCC2CCCCO2)CC1. The van der Waals surface area contributed by atoms with Crippen molar-refractivity contribution in [3.05, 3.63) is 23.9 Å². The van der Waals surface area contributed by atoms with Gasteiger partial charge in [0.2, 0.25) is 5.88 Å². The van der Waals surface area contributed by atoms with Crippen LogP contribution in [-0.4, -0.2) is 67.5 Å². The second-order valence-corrected chi connectivity index (χ2v) is 9.47. The minimum absolute atomic E-state index is 0.159. The summed E-state index contributed by atoms with van der Waals surface area (Å²) >= 11 is 0. The van der Waals surface area contributed by atoms with Crippen LogP contribution in [0, 0.1) is 5.92 Å². The van der Waals surface area contributed by atoms with Crippen LogP contribution in [0.25, 0.3) is 0 Å². The second-order valence-electron chi connectivity index (χ2n) is 9.47. The smallest absolute Gasteiger partial charge is 0.213 e. The molecule has 2 unspecified atom stereocenters. The Morgan fingerprint density at radius 1 is 1.25 bits per heavy atom. The lowest BCUT2D eigenvalue weighted by Crippen LogP contribution is -2.47. The quantitative estimate of drug-likeness (QED) is 0.456. The zero-order valence-electron chi connectivity index (χ0n) is 20.4. The zero-order valence-corrected chi connectivity index (χ0v) is 20.4. The van der Waals surface area contributed by atoms with Gasteiger partial charge in [0.05, 0.1) is 24.9 Å². The average molecular weight is 447 g/mol. The second kappa shape index (κ2) is 13.0. The first-order valence-corrected chi connectivity index (χ1v) is 12.3. The molecule has 1 N–H and O–H groups in total. The molecule has 0 amide bonds. The number of nitrogens with one attached hydrogen (secondary N) is 1. The molecular formula is C25H42N4O3. The number of pyridine rings is 1. The molecule has 2 atom stereocenters. The largest absolute Gasteiger partial charge is 0.475 e. The van der Waals surface area contributed by atoms with E-state index in [1.165, 1.54) is 12.8 Å². The molecule has 7 heteroatoms. The van der Waals surface area contributed by atoms with Crippen molar-refractivity contribution in [1.29, 1.82) is 0 Å². The third-order valence-electron chi connectivity index (χ3n) is 6.12. The summed E-state index contributed by atoms with van der Waals surface area (Å²) < 4.78 is 17.9. The van der Waals surface area contributed by atoms with Gasteiger partial charge in [0.25, 0.3) is 0 Å². The normalized spacial score (nSPS) is 21.6. The van der Waals surface area contributed by atoms with Crippen molar-refractivity contribution in [1.82, 2.24) is 15.2 Å². The first-order chi connectivity index (χ1) is 15.5. The van der Waals surface area contributed by atoms with Gasteiger partial charge in [-0.1, -0.05) is 13.8 Å². The van der Waals surface area contributed by atoms with Crippen LogP contribution in [0.15, 0.2) is 23.3 Å². The van der Waals surface area contributed by atoms with Gasteiger partial charge in [-0.25, -0.2) is 4.98 Å². The van der Waals surface area contributed by atoms with Gasteiger partial charge in [0.1, 0.15) is 0 Å². The average Bonchev–Trinajstić information content (AvgIpc) is 2.79. The number of ether oxygens (including phenoxy) is 3. The van der Waals surface area contributed by atoms with Crippen LogP contribution in [0.5, 0.6) is 5.88 Å². The molecule has 2 fully saturated rings. The number of hydrogen-bond donors (Lipinski definition) is 1. The molecule has 1 aromatic rings. The lowest BCUT2D eigenvalue weighted by atomic mass is 10.1. The van der Waals surface area contributed by atoms with Crippen molar-refractivity contribution in [2.24, 2.45) is 10.9 Å². The fourth-order valence-electron chi connectivity index (χ4n) is 4.47. The van der Waals surface area contributed by atoms with Gasteiger partial charge in [-0.2, -0.15) is 0 Å². The molecule has 0 bridgehead atoms. The summed E-state index contributed by atoms with van der Waals surface area (Å²) in [7, 11) is 1.85. The minimum Gasteiger partial charge on any atom is -0.475 e. The third-order valence-corrected chi connectivity index (χ3v) is 6.12. The van der Waals surface area contributed by atoms with E-state index in [1.54, 1.807) is 0 Å². The van der Waals surface area contributed by atoms with Gasteiger partial charge < -0.3 is 24.4 Å². The predicted molar refractivity (Wildman–Crippen MR) is 128 cm³/mol. The summed E-state index contributed by atoms with van der Waals surface area (Å²) in [4.78, 5) is 11.2. The number of nitrogens with zero attached hydrogens (tertiary/aromatic N) is 3. The summed E-state index contributed by atoms with van der Waals surface area (Å²) in [6.45, 7) is 10.7. The standard InChI is InChI=1S/C25H42N4O3/c1-19(2)15-20(3)32-24-16-21(8-11-27-24)17-28-25(26-4)29-12-9-22(10-13-29)31-18-23-7-5-6-14-30-23/h8,11,16,19-20,22-23H,5-7,9-10,12-15,17-18H2,1-4H3,(H,26,28). The molecule has 1 aromatic heterocycles. The Hall–Kier alpha value is -1.86. The first-order valence-electron chi connectivity index (χ1n) is 12.3. The van der Waals surface area contributed by atoms with Crippen LogP contribution in [0.2, 0.25) is 0 Å². The van der Waals surface area contributed by atoms with Crippen LogP contribution < -0.4 is 10.1 Å². The predicted octanol–water partition coefficient (Wildman–Crippen LogP) is 4.02. The Balaban J connectivity index is 1.41. The van der Waals surface area contributed by atoms with E-state index in [4.69, 9.17) is 14.2 Å². The van der Waals surface area contributed by atoms with Crippen LogP contribution in [0.4, 0.5) is 0 Å². The Bertz CT molecular complexity index is 698. The van der Waals surface area contributed by atoms with Crippen LogP contribution in [0.3, 0.4) is 0 Å². The highest BCUT2D eigenvalue weighted by Crippen LogP contribution is 2.18. The Kier molecular flexibility index (Phi) is 10.1. The van der Waals surface area contributed by atoms with Gasteiger partial charge in [-0.3, -0.25) is 4.99 Å². The lowest BCUT2D eigenvalue weighted by Gasteiger charge is -2.35. The number of guanidine groups is 1. The van der Waals surface area contributed by atoms with Crippen molar-refractivity contribution >= 4 is 5.96 Å². The maximum absolute atomic E-state index is 6.15. The Morgan fingerprint density at radius 2 is 2.06 bits per heavy atom. The molecule has 3 heterocycles. The maximum atomic E-state index is 6.15. The van der Waals surface area contributed by atoms with Crippen molar-refractivity contribution in [3.8, 4) is 5.88 Å². The fraction of sp³-hybridized carbons (Fsp3) is 0.760. The lowest BCUT2D eigenvalue weighted by molar-refractivity contribution is -0.0721.